The molecule has 9 nitrogen and oxygen atoms in total. The normalized spacial score (nSPS) is 11.2. The number of nitrogens with zero attached hydrogens (tertiary/aromatic N) is 4. The highest BCUT2D eigenvalue weighted by atomic mass is 16.6. The average molecular weight is 354 g/mol. The SMILES string of the molecule is COc1cc(/C=N/n2c(C)nc3ccccc3c2=O)c(O)c([N+](=O)[O-])c1. The van der Waals surface area contributed by atoms with Gasteiger partial charge in [0, 0.05) is 5.56 Å². The van der Waals surface area contributed by atoms with Gasteiger partial charge in [-0.25, -0.2) is 4.98 Å². The minimum Gasteiger partial charge on any atom is -0.502 e. The number of aromatic hydroxyl groups is 1. The van der Waals surface area contributed by atoms with E-state index in [4.69, 9.17) is 4.74 Å². The highest BCUT2D eigenvalue weighted by Gasteiger charge is 2.19. The van der Waals surface area contributed by atoms with Crippen molar-refractivity contribution in [2.75, 3.05) is 7.11 Å². The van der Waals surface area contributed by atoms with Crippen molar-refractivity contribution in [3.63, 3.8) is 0 Å². The summed E-state index contributed by atoms with van der Waals surface area (Å²) in [5.74, 6) is -0.0579. The van der Waals surface area contributed by atoms with Crippen LogP contribution in [0.5, 0.6) is 11.5 Å². The number of para-hydroxylation sites is 1. The molecule has 0 aliphatic carbocycles. The van der Waals surface area contributed by atoms with Crippen molar-refractivity contribution in [1.29, 1.82) is 0 Å². The summed E-state index contributed by atoms with van der Waals surface area (Å²) in [4.78, 5) is 27.2. The van der Waals surface area contributed by atoms with Crippen molar-refractivity contribution in [3.05, 3.63) is 68.3 Å². The molecule has 3 rings (SSSR count). The van der Waals surface area contributed by atoms with E-state index in [1.54, 1.807) is 31.2 Å². The first-order valence-corrected chi connectivity index (χ1v) is 7.50. The van der Waals surface area contributed by atoms with Crippen LogP contribution in [0.25, 0.3) is 10.9 Å². The summed E-state index contributed by atoms with van der Waals surface area (Å²) in [5, 5.41) is 25.6. The largest absolute Gasteiger partial charge is 0.502 e. The average Bonchev–Trinajstić information content (AvgIpc) is 2.62. The highest BCUT2D eigenvalue weighted by molar-refractivity contribution is 5.86. The second-order valence-electron chi connectivity index (χ2n) is 5.38. The number of hydrogen-bond acceptors (Lipinski definition) is 7. The third-order valence-electron chi connectivity index (χ3n) is 3.75. The van der Waals surface area contributed by atoms with E-state index in [1.807, 2.05) is 0 Å². The number of phenols is 1. The lowest BCUT2D eigenvalue weighted by atomic mass is 10.1. The fraction of sp³-hybridized carbons (Fsp3) is 0.118. The Morgan fingerprint density at radius 2 is 2.08 bits per heavy atom. The molecule has 26 heavy (non-hydrogen) atoms. The Morgan fingerprint density at radius 1 is 1.35 bits per heavy atom. The fourth-order valence-corrected chi connectivity index (χ4v) is 2.46. The smallest absolute Gasteiger partial charge is 0.315 e. The first kappa shape index (κ1) is 17.1. The Kier molecular flexibility index (Phi) is 4.36. The van der Waals surface area contributed by atoms with E-state index in [-0.39, 0.29) is 16.9 Å². The summed E-state index contributed by atoms with van der Waals surface area (Å²) in [7, 11) is 1.35. The van der Waals surface area contributed by atoms with Crippen LogP contribution in [0.2, 0.25) is 0 Å². The Bertz CT molecular complexity index is 1100. The minimum absolute atomic E-state index is 0.0375. The van der Waals surface area contributed by atoms with E-state index in [9.17, 15) is 20.0 Å². The molecule has 1 heterocycles. The predicted molar refractivity (Wildman–Crippen MR) is 95.0 cm³/mol. The molecular weight excluding hydrogens is 340 g/mol. The second kappa shape index (κ2) is 6.63. The molecule has 0 aliphatic heterocycles. The van der Waals surface area contributed by atoms with Gasteiger partial charge in [-0.05, 0) is 25.1 Å². The molecule has 0 bridgehead atoms. The van der Waals surface area contributed by atoms with Crippen molar-refractivity contribution < 1.29 is 14.8 Å². The number of ether oxygens (including phenoxy) is 1. The molecule has 0 amide bonds. The van der Waals surface area contributed by atoms with E-state index >= 15 is 0 Å². The van der Waals surface area contributed by atoms with Crippen molar-refractivity contribution in [3.8, 4) is 11.5 Å². The molecule has 0 spiro atoms. The van der Waals surface area contributed by atoms with Gasteiger partial charge in [-0.2, -0.15) is 9.78 Å². The summed E-state index contributed by atoms with van der Waals surface area (Å²) in [6, 6.07) is 9.31. The number of hydrogen-bond donors (Lipinski definition) is 1. The van der Waals surface area contributed by atoms with Crippen molar-refractivity contribution in [1.82, 2.24) is 9.66 Å². The van der Waals surface area contributed by atoms with Gasteiger partial charge >= 0.3 is 5.69 Å². The number of fused-ring (bicyclic) bond motifs is 1. The summed E-state index contributed by atoms with van der Waals surface area (Å²) in [5.41, 5.74) is -0.329. The lowest BCUT2D eigenvalue weighted by Crippen LogP contribution is -2.20. The van der Waals surface area contributed by atoms with Crippen molar-refractivity contribution in [2.45, 2.75) is 6.92 Å². The quantitative estimate of drug-likeness (QED) is 0.436. The standard InChI is InChI=1S/C17H14N4O5/c1-10-19-14-6-4-3-5-13(14)17(23)20(10)18-9-11-7-12(26-2)8-15(16(11)22)21(24)25/h3-9,22H,1-2H3/b18-9+. The van der Waals surface area contributed by atoms with Crippen LogP contribution in [0, 0.1) is 17.0 Å². The van der Waals surface area contributed by atoms with Gasteiger partial charge in [0.1, 0.15) is 11.6 Å². The van der Waals surface area contributed by atoms with Gasteiger partial charge in [-0.1, -0.05) is 12.1 Å². The zero-order valence-corrected chi connectivity index (χ0v) is 13.9. The molecule has 0 radical (unpaired) electrons. The van der Waals surface area contributed by atoms with Crippen LogP contribution in [0.3, 0.4) is 0 Å². The van der Waals surface area contributed by atoms with Crippen molar-refractivity contribution >= 4 is 22.8 Å². The molecule has 0 saturated carbocycles. The molecule has 1 aromatic heterocycles. The predicted octanol–water partition coefficient (Wildman–Crippen LogP) is 2.21. The Morgan fingerprint density at radius 3 is 2.77 bits per heavy atom. The zero-order valence-electron chi connectivity index (χ0n) is 13.9. The van der Waals surface area contributed by atoms with Gasteiger partial charge in [0.05, 0.1) is 35.2 Å². The van der Waals surface area contributed by atoms with E-state index in [2.05, 4.69) is 10.1 Å². The number of phenolic OH excluding ortho intramolecular Hbond substituents is 1. The maximum absolute atomic E-state index is 12.6. The van der Waals surface area contributed by atoms with Crippen molar-refractivity contribution in [2.24, 2.45) is 5.10 Å². The zero-order chi connectivity index (χ0) is 18.8. The van der Waals surface area contributed by atoms with Crippen LogP contribution >= 0.6 is 0 Å². The summed E-state index contributed by atoms with van der Waals surface area (Å²) < 4.78 is 6.06. The molecule has 132 valence electrons. The molecule has 9 heteroatoms. The molecule has 2 aromatic carbocycles. The number of benzene rings is 2. The molecule has 3 aromatic rings. The first-order valence-electron chi connectivity index (χ1n) is 7.50. The highest BCUT2D eigenvalue weighted by Crippen LogP contribution is 2.33. The number of aryl methyl sites for hydroxylation is 1. The lowest BCUT2D eigenvalue weighted by molar-refractivity contribution is -0.385. The topological polar surface area (TPSA) is 120 Å². The third-order valence-corrected chi connectivity index (χ3v) is 3.75. The number of nitro benzene ring substituents is 1. The monoisotopic (exact) mass is 354 g/mol. The summed E-state index contributed by atoms with van der Waals surface area (Å²) in [6.07, 6.45) is 1.15. The first-order chi connectivity index (χ1) is 12.4. The lowest BCUT2D eigenvalue weighted by Gasteiger charge is -2.07. The Hall–Kier alpha value is -3.75. The van der Waals surface area contributed by atoms with Gasteiger partial charge in [-0.3, -0.25) is 14.9 Å². The Balaban J connectivity index is 2.14. The molecule has 1 N–H and O–H groups in total. The maximum Gasteiger partial charge on any atom is 0.315 e. The summed E-state index contributed by atoms with van der Waals surface area (Å²) >= 11 is 0. The van der Waals surface area contributed by atoms with Gasteiger partial charge < -0.3 is 9.84 Å². The fourth-order valence-electron chi connectivity index (χ4n) is 2.46. The number of aromatic nitrogens is 2. The maximum atomic E-state index is 12.6. The molecule has 0 aliphatic rings. The van der Waals surface area contributed by atoms with E-state index < -0.39 is 16.4 Å². The van der Waals surface area contributed by atoms with Crippen LogP contribution in [0.15, 0.2) is 46.3 Å². The van der Waals surface area contributed by atoms with Crippen LogP contribution in [0.1, 0.15) is 11.4 Å². The van der Waals surface area contributed by atoms with Gasteiger partial charge in [0.25, 0.3) is 5.56 Å². The molecule has 0 unspecified atom stereocenters. The molecule has 0 saturated heterocycles. The van der Waals surface area contributed by atoms with E-state index in [0.717, 1.165) is 17.0 Å². The Labute approximate surface area is 147 Å². The number of rotatable bonds is 4. The molecule has 0 fully saturated rings. The van der Waals surface area contributed by atoms with Crippen LogP contribution in [-0.2, 0) is 0 Å². The number of nitro groups is 1. The third kappa shape index (κ3) is 2.97. The van der Waals surface area contributed by atoms with Gasteiger partial charge in [0.2, 0.25) is 5.75 Å². The van der Waals surface area contributed by atoms with E-state index in [0.29, 0.717) is 16.7 Å². The van der Waals surface area contributed by atoms with Crippen LogP contribution in [-0.4, -0.2) is 33.0 Å². The minimum atomic E-state index is -0.732. The summed E-state index contributed by atoms with van der Waals surface area (Å²) in [6.45, 7) is 1.61. The van der Waals surface area contributed by atoms with Gasteiger partial charge in [0.15, 0.2) is 0 Å². The second-order valence-corrected chi connectivity index (χ2v) is 5.38. The molecule has 0 atom stereocenters. The van der Waals surface area contributed by atoms with E-state index in [1.165, 1.54) is 13.2 Å². The van der Waals surface area contributed by atoms with Gasteiger partial charge in [-0.15, -0.1) is 0 Å². The van der Waals surface area contributed by atoms with Crippen LogP contribution < -0.4 is 10.3 Å². The number of methoxy groups -OCH3 is 1. The van der Waals surface area contributed by atoms with Crippen LogP contribution in [0.4, 0.5) is 5.69 Å². The molecular formula is C17H14N4O5.